The van der Waals surface area contributed by atoms with Crippen LogP contribution < -0.4 is 10.2 Å². The summed E-state index contributed by atoms with van der Waals surface area (Å²) in [6, 6.07) is 0.510. The molecule has 0 spiro atoms. The first-order valence-electron chi connectivity index (χ1n) is 6.64. The van der Waals surface area contributed by atoms with Gasteiger partial charge < -0.3 is 15.3 Å². The summed E-state index contributed by atoms with van der Waals surface area (Å²) in [5.74, 6) is 1.93. The van der Waals surface area contributed by atoms with Crippen LogP contribution in [0.25, 0.3) is 0 Å². The van der Waals surface area contributed by atoms with Crippen LogP contribution in [0.4, 0.5) is 11.6 Å². The number of nitrogens with one attached hydrogen (secondary N) is 1. The molecule has 2 rings (SSSR count). The van der Waals surface area contributed by atoms with Gasteiger partial charge in [-0.3, -0.25) is 0 Å². The molecule has 1 aliphatic rings. The summed E-state index contributed by atoms with van der Waals surface area (Å²) in [6.45, 7) is 3.38. The SMILES string of the molecule is CNc1ncnc(N2CCCC2CCCO)c1C. The van der Waals surface area contributed by atoms with E-state index in [1.54, 1.807) is 6.33 Å². The monoisotopic (exact) mass is 250 g/mol. The Morgan fingerprint density at radius 2 is 2.33 bits per heavy atom. The van der Waals surface area contributed by atoms with Crippen LogP contribution in [0.15, 0.2) is 6.33 Å². The number of aromatic nitrogens is 2. The van der Waals surface area contributed by atoms with Crippen molar-refractivity contribution in [2.45, 2.75) is 38.6 Å². The molecule has 0 saturated carbocycles. The third kappa shape index (κ3) is 2.56. The molecule has 0 bridgehead atoms. The van der Waals surface area contributed by atoms with Gasteiger partial charge in [0.15, 0.2) is 0 Å². The van der Waals surface area contributed by atoms with Crippen molar-refractivity contribution in [2.75, 3.05) is 30.4 Å². The van der Waals surface area contributed by atoms with Gasteiger partial charge in [0, 0.05) is 31.8 Å². The molecule has 1 atom stereocenters. The van der Waals surface area contributed by atoms with Gasteiger partial charge in [0.2, 0.25) is 0 Å². The van der Waals surface area contributed by atoms with E-state index >= 15 is 0 Å². The highest BCUT2D eigenvalue weighted by atomic mass is 16.2. The van der Waals surface area contributed by atoms with Gasteiger partial charge in [0.05, 0.1) is 0 Å². The zero-order valence-electron chi connectivity index (χ0n) is 11.2. The molecule has 1 unspecified atom stereocenters. The van der Waals surface area contributed by atoms with Gasteiger partial charge in [-0.2, -0.15) is 0 Å². The van der Waals surface area contributed by atoms with E-state index in [1.165, 1.54) is 12.8 Å². The summed E-state index contributed by atoms with van der Waals surface area (Å²) in [5.41, 5.74) is 1.11. The average Bonchev–Trinajstić information content (AvgIpc) is 2.84. The van der Waals surface area contributed by atoms with Crippen molar-refractivity contribution in [1.82, 2.24) is 9.97 Å². The van der Waals surface area contributed by atoms with Crippen LogP contribution in [0.5, 0.6) is 0 Å². The van der Waals surface area contributed by atoms with E-state index in [2.05, 4.69) is 27.1 Å². The lowest BCUT2D eigenvalue weighted by molar-refractivity contribution is 0.279. The number of nitrogens with zero attached hydrogens (tertiary/aromatic N) is 3. The minimum atomic E-state index is 0.273. The Bertz CT molecular complexity index is 397. The maximum absolute atomic E-state index is 8.97. The predicted molar refractivity (Wildman–Crippen MR) is 73.0 cm³/mol. The lowest BCUT2D eigenvalue weighted by Gasteiger charge is -2.27. The van der Waals surface area contributed by atoms with Gasteiger partial charge in [-0.1, -0.05) is 0 Å². The van der Waals surface area contributed by atoms with Crippen molar-refractivity contribution in [3.63, 3.8) is 0 Å². The molecule has 0 amide bonds. The zero-order chi connectivity index (χ0) is 13.0. The molecular formula is C13H22N4O. The van der Waals surface area contributed by atoms with E-state index in [9.17, 15) is 0 Å². The van der Waals surface area contributed by atoms with E-state index in [0.717, 1.165) is 36.6 Å². The molecule has 1 aromatic heterocycles. The molecule has 0 radical (unpaired) electrons. The van der Waals surface area contributed by atoms with E-state index in [0.29, 0.717) is 6.04 Å². The summed E-state index contributed by atoms with van der Waals surface area (Å²) in [6.07, 6.45) is 5.92. The molecule has 2 heterocycles. The number of hydrogen-bond donors (Lipinski definition) is 2. The highest BCUT2D eigenvalue weighted by Gasteiger charge is 2.26. The van der Waals surface area contributed by atoms with Crippen LogP contribution >= 0.6 is 0 Å². The molecule has 1 fully saturated rings. The van der Waals surface area contributed by atoms with Gasteiger partial charge in [0.1, 0.15) is 18.0 Å². The fourth-order valence-corrected chi connectivity index (χ4v) is 2.72. The van der Waals surface area contributed by atoms with E-state index in [1.807, 2.05) is 7.05 Å². The lowest BCUT2D eigenvalue weighted by Crippen LogP contribution is -2.31. The van der Waals surface area contributed by atoms with Crippen LogP contribution in [0, 0.1) is 6.92 Å². The standard InChI is InChI=1S/C13H22N4O/c1-10-12(14-2)15-9-16-13(10)17-7-3-5-11(17)6-4-8-18/h9,11,18H,3-8H2,1-2H3,(H,14,15,16). The molecule has 18 heavy (non-hydrogen) atoms. The fourth-order valence-electron chi connectivity index (χ4n) is 2.72. The van der Waals surface area contributed by atoms with Gasteiger partial charge in [-0.05, 0) is 32.6 Å². The highest BCUT2D eigenvalue weighted by Crippen LogP contribution is 2.30. The Hall–Kier alpha value is -1.36. The Kier molecular flexibility index (Phi) is 4.36. The van der Waals surface area contributed by atoms with Crippen molar-refractivity contribution >= 4 is 11.6 Å². The first-order chi connectivity index (χ1) is 8.77. The maximum atomic E-state index is 8.97. The maximum Gasteiger partial charge on any atom is 0.137 e. The summed E-state index contributed by atoms with van der Waals surface area (Å²) in [4.78, 5) is 11.0. The summed E-state index contributed by atoms with van der Waals surface area (Å²) < 4.78 is 0. The third-order valence-electron chi connectivity index (χ3n) is 3.64. The average molecular weight is 250 g/mol. The van der Waals surface area contributed by atoms with Crippen molar-refractivity contribution in [1.29, 1.82) is 0 Å². The Morgan fingerprint density at radius 3 is 3.06 bits per heavy atom. The topological polar surface area (TPSA) is 61.3 Å². The normalized spacial score (nSPS) is 19.3. The second kappa shape index (κ2) is 6.00. The van der Waals surface area contributed by atoms with Crippen molar-refractivity contribution in [3.05, 3.63) is 11.9 Å². The van der Waals surface area contributed by atoms with Gasteiger partial charge >= 0.3 is 0 Å². The van der Waals surface area contributed by atoms with E-state index < -0.39 is 0 Å². The second-order valence-electron chi connectivity index (χ2n) is 4.78. The van der Waals surface area contributed by atoms with Crippen LogP contribution in [0.3, 0.4) is 0 Å². The molecular weight excluding hydrogens is 228 g/mol. The largest absolute Gasteiger partial charge is 0.396 e. The highest BCUT2D eigenvalue weighted by molar-refractivity contribution is 5.58. The van der Waals surface area contributed by atoms with E-state index in [-0.39, 0.29) is 6.61 Å². The predicted octanol–water partition coefficient (Wildman–Crippen LogP) is 1.57. The molecule has 1 aromatic rings. The summed E-state index contributed by atoms with van der Waals surface area (Å²) >= 11 is 0. The number of aliphatic hydroxyl groups excluding tert-OH is 1. The summed E-state index contributed by atoms with van der Waals surface area (Å²) in [5, 5.41) is 12.1. The quantitative estimate of drug-likeness (QED) is 0.830. The first kappa shape index (κ1) is 13.1. The minimum Gasteiger partial charge on any atom is -0.396 e. The van der Waals surface area contributed by atoms with Gasteiger partial charge in [0.25, 0.3) is 0 Å². The Labute approximate surface area is 108 Å². The van der Waals surface area contributed by atoms with Crippen molar-refractivity contribution < 1.29 is 5.11 Å². The number of anilines is 2. The van der Waals surface area contributed by atoms with E-state index in [4.69, 9.17) is 5.11 Å². The van der Waals surface area contributed by atoms with Gasteiger partial charge in [-0.15, -0.1) is 0 Å². The fraction of sp³-hybridized carbons (Fsp3) is 0.692. The zero-order valence-corrected chi connectivity index (χ0v) is 11.2. The molecule has 2 N–H and O–H groups in total. The van der Waals surface area contributed by atoms with Crippen molar-refractivity contribution in [3.8, 4) is 0 Å². The smallest absolute Gasteiger partial charge is 0.137 e. The number of hydrogen-bond acceptors (Lipinski definition) is 5. The van der Waals surface area contributed by atoms with Crippen LogP contribution in [0.2, 0.25) is 0 Å². The lowest BCUT2D eigenvalue weighted by atomic mass is 10.1. The van der Waals surface area contributed by atoms with Crippen LogP contribution in [-0.4, -0.2) is 41.3 Å². The Morgan fingerprint density at radius 1 is 1.50 bits per heavy atom. The number of aliphatic hydroxyl groups is 1. The minimum absolute atomic E-state index is 0.273. The molecule has 100 valence electrons. The molecule has 5 nitrogen and oxygen atoms in total. The first-order valence-corrected chi connectivity index (χ1v) is 6.64. The van der Waals surface area contributed by atoms with Crippen molar-refractivity contribution in [2.24, 2.45) is 0 Å². The summed E-state index contributed by atoms with van der Waals surface area (Å²) in [7, 11) is 1.88. The molecule has 0 aliphatic carbocycles. The molecule has 5 heteroatoms. The van der Waals surface area contributed by atoms with Crippen LogP contribution in [0.1, 0.15) is 31.2 Å². The molecule has 1 aliphatic heterocycles. The second-order valence-corrected chi connectivity index (χ2v) is 4.78. The number of rotatable bonds is 5. The molecule has 1 saturated heterocycles. The molecule has 0 aromatic carbocycles. The van der Waals surface area contributed by atoms with Crippen LogP contribution in [-0.2, 0) is 0 Å². The Balaban J connectivity index is 2.19. The third-order valence-corrected chi connectivity index (χ3v) is 3.64. The van der Waals surface area contributed by atoms with Gasteiger partial charge in [-0.25, -0.2) is 9.97 Å².